The summed E-state index contributed by atoms with van der Waals surface area (Å²) in [7, 11) is -5.93. The van der Waals surface area contributed by atoms with E-state index < -0.39 is 18.4 Å². The minimum absolute atomic E-state index is 0.240. The first-order valence-corrected chi connectivity index (χ1v) is 10.3. The van der Waals surface area contributed by atoms with Crippen LogP contribution in [-0.4, -0.2) is 16.7 Å². The van der Waals surface area contributed by atoms with Crippen molar-refractivity contribution in [1.82, 2.24) is 0 Å². The molecule has 100 valence electrons. The third-order valence-electron chi connectivity index (χ3n) is 2.46. The molecule has 0 aromatic heterocycles. The molecule has 0 aliphatic carbocycles. The third kappa shape index (κ3) is 4.08. The van der Waals surface area contributed by atoms with Gasteiger partial charge in [0.1, 0.15) is 0 Å². The molecule has 0 amide bonds. The molecule has 0 unspecified atom stereocenters. The fraction of sp³-hybridized carbons (Fsp3) is 0.385. The van der Waals surface area contributed by atoms with E-state index in [-0.39, 0.29) is 4.90 Å². The topological polar surface area (TPSA) is 43.4 Å². The molecule has 1 aromatic rings. The molecule has 0 atom stereocenters. The second-order valence-electron chi connectivity index (χ2n) is 5.11. The van der Waals surface area contributed by atoms with Gasteiger partial charge in [0.05, 0.1) is 4.90 Å². The average Bonchev–Trinajstić information content (AvgIpc) is 2.13. The largest absolute Gasteiger partial charge is 0.311 e. The summed E-state index contributed by atoms with van der Waals surface area (Å²) in [5.74, 6) is 0. The number of benzene rings is 1. The minimum atomic E-state index is -3.67. The first-order valence-electron chi connectivity index (χ1n) is 5.81. The summed E-state index contributed by atoms with van der Waals surface area (Å²) >= 11 is 0. The first kappa shape index (κ1) is 15.1. The van der Waals surface area contributed by atoms with Gasteiger partial charge in [-0.15, -0.1) is 6.58 Å². The normalized spacial score (nSPS) is 12.4. The van der Waals surface area contributed by atoms with Crippen molar-refractivity contribution in [3.8, 4) is 0 Å². The second kappa shape index (κ2) is 5.38. The lowest BCUT2D eigenvalue weighted by Crippen LogP contribution is -2.32. The number of hydrogen-bond acceptors (Lipinski definition) is 3. The molecule has 0 saturated carbocycles. The van der Waals surface area contributed by atoms with Crippen molar-refractivity contribution < 1.29 is 12.3 Å². The van der Waals surface area contributed by atoms with E-state index in [1.54, 1.807) is 18.2 Å². The molecule has 18 heavy (non-hydrogen) atoms. The van der Waals surface area contributed by atoms with Crippen molar-refractivity contribution in [3.05, 3.63) is 42.0 Å². The van der Waals surface area contributed by atoms with Crippen molar-refractivity contribution in [1.29, 1.82) is 0 Å². The second-order valence-corrected chi connectivity index (χ2v) is 11.1. The van der Waals surface area contributed by atoms with Gasteiger partial charge in [-0.2, -0.15) is 8.42 Å². The van der Waals surface area contributed by atoms with E-state index in [1.165, 1.54) is 0 Å². The van der Waals surface area contributed by atoms with Gasteiger partial charge < -0.3 is 3.87 Å². The Morgan fingerprint density at radius 2 is 1.72 bits per heavy atom. The average molecular weight is 284 g/mol. The zero-order chi connectivity index (χ0) is 14.0. The van der Waals surface area contributed by atoms with Gasteiger partial charge in [0.25, 0.3) is 10.1 Å². The molecule has 0 fully saturated rings. The predicted molar refractivity (Wildman–Crippen MR) is 76.7 cm³/mol. The van der Waals surface area contributed by atoms with Crippen LogP contribution in [0.25, 0.3) is 0 Å². The molecule has 0 aliphatic rings. The third-order valence-corrected chi connectivity index (χ3v) is 7.22. The van der Waals surface area contributed by atoms with Crippen LogP contribution in [0.5, 0.6) is 0 Å². The highest BCUT2D eigenvalue weighted by Crippen LogP contribution is 2.22. The van der Waals surface area contributed by atoms with E-state index in [9.17, 15) is 8.42 Å². The lowest BCUT2D eigenvalue weighted by Gasteiger charge is -2.20. The molecule has 0 radical (unpaired) electrons. The molecule has 1 rings (SSSR count). The van der Waals surface area contributed by atoms with Crippen LogP contribution in [0.15, 0.2) is 35.7 Å². The smallest absolute Gasteiger partial charge is 0.287 e. The summed E-state index contributed by atoms with van der Waals surface area (Å²) in [6, 6.07) is 5.82. The van der Waals surface area contributed by atoms with Gasteiger partial charge in [0.15, 0.2) is 0 Å². The van der Waals surface area contributed by atoms with Crippen molar-refractivity contribution in [2.75, 3.05) is 0 Å². The van der Waals surface area contributed by atoms with Crippen molar-refractivity contribution in [3.63, 3.8) is 0 Å². The van der Waals surface area contributed by atoms with Gasteiger partial charge in [0, 0.05) is 0 Å². The van der Waals surface area contributed by atoms with Crippen molar-refractivity contribution >= 4 is 18.4 Å². The Morgan fingerprint density at radius 3 is 2.17 bits per heavy atom. The number of hydrogen-bond donors (Lipinski definition) is 0. The van der Waals surface area contributed by atoms with Crippen molar-refractivity contribution in [2.45, 2.75) is 37.9 Å². The predicted octanol–water partition coefficient (Wildman–Crippen LogP) is 3.40. The standard InChI is InChI=1S/C13H20O3SSi/c1-6-7-18(4,5)16-17(14,15)13-9-11(2)8-12(3)10-13/h6,8-10H,1,7H2,2-5H3. The van der Waals surface area contributed by atoms with Crippen molar-refractivity contribution in [2.24, 2.45) is 0 Å². The maximum absolute atomic E-state index is 12.2. The zero-order valence-electron chi connectivity index (χ0n) is 11.4. The van der Waals surface area contributed by atoms with Gasteiger partial charge in [-0.25, -0.2) is 0 Å². The molecule has 0 N–H and O–H groups in total. The highest BCUT2D eigenvalue weighted by atomic mass is 32.2. The molecule has 0 aliphatic heterocycles. The summed E-state index contributed by atoms with van der Waals surface area (Å²) in [6.07, 6.45) is 1.71. The lowest BCUT2D eigenvalue weighted by molar-refractivity contribution is 0.483. The Morgan fingerprint density at radius 1 is 1.22 bits per heavy atom. The molecular formula is C13H20O3SSi. The fourth-order valence-electron chi connectivity index (χ4n) is 1.80. The van der Waals surface area contributed by atoms with Gasteiger partial charge in [-0.3, -0.25) is 0 Å². The molecule has 1 aromatic carbocycles. The van der Waals surface area contributed by atoms with E-state index >= 15 is 0 Å². The highest BCUT2D eigenvalue weighted by Gasteiger charge is 2.29. The molecule has 0 saturated heterocycles. The summed E-state index contributed by atoms with van der Waals surface area (Å²) in [4.78, 5) is 0.240. The molecule has 5 heteroatoms. The Hall–Kier alpha value is -0.913. The molecule has 3 nitrogen and oxygen atoms in total. The number of aryl methyl sites for hydroxylation is 2. The Labute approximate surface area is 111 Å². The number of rotatable bonds is 5. The molecule has 0 spiro atoms. The van der Waals surface area contributed by atoms with Gasteiger partial charge in [-0.1, -0.05) is 12.1 Å². The zero-order valence-corrected chi connectivity index (χ0v) is 13.2. The number of allylic oxidation sites excluding steroid dienone is 1. The Bertz CT molecular complexity index is 527. The summed E-state index contributed by atoms with van der Waals surface area (Å²) in [5, 5.41) is 0. The summed E-state index contributed by atoms with van der Waals surface area (Å²) in [6.45, 7) is 11.1. The maximum Gasteiger partial charge on any atom is 0.287 e. The van der Waals surface area contributed by atoms with Crippen LogP contribution in [-0.2, 0) is 14.0 Å². The van der Waals surface area contributed by atoms with Crippen LogP contribution >= 0.6 is 0 Å². The molecular weight excluding hydrogens is 264 g/mol. The van der Waals surface area contributed by atoms with Gasteiger partial charge in [-0.05, 0) is 56.2 Å². The van der Waals surface area contributed by atoms with Gasteiger partial charge in [0.2, 0.25) is 8.32 Å². The molecule has 0 bridgehead atoms. The molecule has 0 heterocycles. The van der Waals surface area contributed by atoms with Crippen LogP contribution in [0.3, 0.4) is 0 Å². The minimum Gasteiger partial charge on any atom is -0.311 e. The lowest BCUT2D eigenvalue weighted by atomic mass is 10.2. The van der Waals surface area contributed by atoms with E-state index in [2.05, 4.69) is 6.58 Å². The Kier molecular flexibility index (Phi) is 4.53. The van der Waals surface area contributed by atoms with E-state index in [0.717, 1.165) is 11.1 Å². The monoisotopic (exact) mass is 284 g/mol. The quantitative estimate of drug-likeness (QED) is 0.615. The maximum atomic E-state index is 12.2. The van der Waals surface area contributed by atoms with Crippen LogP contribution in [0.1, 0.15) is 11.1 Å². The fourth-order valence-corrected chi connectivity index (χ4v) is 6.19. The van der Waals surface area contributed by atoms with Gasteiger partial charge >= 0.3 is 0 Å². The van der Waals surface area contributed by atoms with Crippen LogP contribution in [0, 0.1) is 13.8 Å². The SMILES string of the molecule is C=CC[Si](C)(C)OS(=O)(=O)c1cc(C)cc(C)c1. The van der Waals surface area contributed by atoms with Crippen LogP contribution in [0.4, 0.5) is 0 Å². The first-order chi connectivity index (χ1) is 8.16. The van der Waals surface area contributed by atoms with E-state index in [1.807, 2.05) is 33.0 Å². The Balaban J connectivity index is 3.10. The van der Waals surface area contributed by atoms with E-state index in [0.29, 0.717) is 6.04 Å². The summed E-state index contributed by atoms with van der Waals surface area (Å²) in [5.41, 5.74) is 1.83. The van der Waals surface area contributed by atoms with Crippen LogP contribution in [0.2, 0.25) is 19.1 Å². The summed E-state index contributed by atoms with van der Waals surface area (Å²) < 4.78 is 29.8. The van der Waals surface area contributed by atoms with Crippen LogP contribution < -0.4 is 0 Å². The van der Waals surface area contributed by atoms with E-state index in [4.69, 9.17) is 3.87 Å². The highest BCUT2D eigenvalue weighted by molar-refractivity contribution is 7.87.